The molecule has 2 heterocycles. The van der Waals surface area contributed by atoms with E-state index in [1.165, 1.54) is 0 Å². The van der Waals surface area contributed by atoms with Crippen LogP contribution in [-0.2, 0) is 11.2 Å². The summed E-state index contributed by atoms with van der Waals surface area (Å²) in [6, 6.07) is 3.68. The molecule has 1 aromatic rings. The first-order valence-corrected chi connectivity index (χ1v) is 5.90. The first kappa shape index (κ1) is 12.0. The van der Waals surface area contributed by atoms with Crippen molar-refractivity contribution in [1.29, 1.82) is 0 Å². The van der Waals surface area contributed by atoms with Crippen LogP contribution in [-0.4, -0.2) is 39.6 Å². The van der Waals surface area contributed by atoms with Crippen LogP contribution < -0.4 is 0 Å². The van der Waals surface area contributed by atoms with Gasteiger partial charge in [-0.25, -0.2) is 0 Å². The quantitative estimate of drug-likeness (QED) is 0.843. The van der Waals surface area contributed by atoms with E-state index in [2.05, 4.69) is 4.98 Å². The molecule has 0 unspecified atom stereocenters. The van der Waals surface area contributed by atoms with Crippen LogP contribution in [0.5, 0.6) is 0 Å². The lowest BCUT2D eigenvalue weighted by atomic mass is 9.83. The highest BCUT2D eigenvalue weighted by atomic mass is 16.3. The van der Waals surface area contributed by atoms with Gasteiger partial charge in [0.2, 0.25) is 5.91 Å². The van der Waals surface area contributed by atoms with Crippen molar-refractivity contribution >= 4 is 5.91 Å². The van der Waals surface area contributed by atoms with E-state index in [0.717, 1.165) is 5.56 Å². The molecule has 1 N–H and O–H groups in total. The average molecular weight is 234 g/mol. The van der Waals surface area contributed by atoms with Crippen LogP contribution in [0.25, 0.3) is 0 Å². The van der Waals surface area contributed by atoms with Crippen molar-refractivity contribution < 1.29 is 9.90 Å². The Morgan fingerprint density at radius 3 is 2.59 bits per heavy atom. The van der Waals surface area contributed by atoms with Gasteiger partial charge in [0.1, 0.15) is 5.60 Å². The molecule has 0 radical (unpaired) electrons. The maximum Gasteiger partial charge on any atom is 0.227 e. The molecule has 1 amide bonds. The van der Waals surface area contributed by atoms with E-state index in [1.54, 1.807) is 17.3 Å². The second kappa shape index (κ2) is 4.45. The number of rotatable bonds is 3. The first-order valence-electron chi connectivity index (χ1n) is 5.90. The predicted octanol–water partition coefficient (Wildman–Crippen LogP) is 0.853. The summed E-state index contributed by atoms with van der Waals surface area (Å²) >= 11 is 0. The number of carbonyl (C=O) groups is 1. The van der Waals surface area contributed by atoms with E-state index in [9.17, 15) is 9.90 Å². The van der Waals surface area contributed by atoms with Crippen LogP contribution >= 0.6 is 0 Å². The largest absolute Gasteiger partial charge is 0.386 e. The zero-order valence-corrected chi connectivity index (χ0v) is 10.3. The molecule has 1 aromatic heterocycles. The molecule has 1 fully saturated rings. The summed E-state index contributed by atoms with van der Waals surface area (Å²) in [5.74, 6) is 0.258. The smallest absolute Gasteiger partial charge is 0.227 e. The van der Waals surface area contributed by atoms with E-state index in [-0.39, 0.29) is 11.8 Å². The molecular weight excluding hydrogens is 216 g/mol. The standard InChI is InChI=1S/C13H18N2O2/c1-10(2)13(17)8-15(9-13)12(16)7-11-3-5-14-6-4-11/h3-6,10,17H,7-9H2,1-2H3. The van der Waals surface area contributed by atoms with E-state index in [0.29, 0.717) is 19.5 Å². The minimum atomic E-state index is -0.687. The molecule has 17 heavy (non-hydrogen) atoms. The van der Waals surface area contributed by atoms with Crippen LogP contribution in [0.1, 0.15) is 19.4 Å². The second-order valence-electron chi connectivity index (χ2n) is 5.04. The molecule has 1 aliphatic heterocycles. The third kappa shape index (κ3) is 2.47. The third-order valence-electron chi connectivity index (χ3n) is 3.46. The Morgan fingerprint density at radius 2 is 2.06 bits per heavy atom. The Morgan fingerprint density at radius 1 is 1.47 bits per heavy atom. The van der Waals surface area contributed by atoms with Crippen LogP contribution in [0.15, 0.2) is 24.5 Å². The van der Waals surface area contributed by atoms with Crippen molar-refractivity contribution in [3.63, 3.8) is 0 Å². The number of nitrogens with zero attached hydrogens (tertiary/aromatic N) is 2. The lowest BCUT2D eigenvalue weighted by Crippen LogP contribution is -2.66. The normalized spacial score (nSPS) is 18.0. The Balaban J connectivity index is 1.88. The minimum absolute atomic E-state index is 0.0709. The summed E-state index contributed by atoms with van der Waals surface area (Å²) < 4.78 is 0. The summed E-state index contributed by atoms with van der Waals surface area (Å²) in [5.41, 5.74) is 0.276. The number of pyridine rings is 1. The Bertz CT molecular complexity index is 397. The highest BCUT2D eigenvalue weighted by Crippen LogP contribution is 2.28. The van der Waals surface area contributed by atoms with Crippen molar-refractivity contribution in [3.05, 3.63) is 30.1 Å². The van der Waals surface area contributed by atoms with Crippen LogP contribution in [0, 0.1) is 5.92 Å². The highest BCUT2D eigenvalue weighted by Gasteiger charge is 2.45. The van der Waals surface area contributed by atoms with Crippen molar-refractivity contribution in [2.24, 2.45) is 5.92 Å². The van der Waals surface area contributed by atoms with Gasteiger partial charge in [0.25, 0.3) is 0 Å². The van der Waals surface area contributed by atoms with Crippen molar-refractivity contribution in [3.8, 4) is 0 Å². The third-order valence-corrected chi connectivity index (χ3v) is 3.46. The Hall–Kier alpha value is -1.42. The predicted molar refractivity (Wildman–Crippen MR) is 64.3 cm³/mol. The summed E-state index contributed by atoms with van der Waals surface area (Å²) in [4.78, 5) is 17.5. The van der Waals surface area contributed by atoms with Gasteiger partial charge >= 0.3 is 0 Å². The van der Waals surface area contributed by atoms with Gasteiger partial charge in [-0.05, 0) is 23.6 Å². The average Bonchev–Trinajstić information content (AvgIpc) is 2.25. The molecule has 92 valence electrons. The van der Waals surface area contributed by atoms with Crippen LogP contribution in [0.2, 0.25) is 0 Å². The molecular formula is C13H18N2O2. The molecule has 0 aromatic carbocycles. The zero-order valence-electron chi connectivity index (χ0n) is 10.3. The fraction of sp³-hybridized carbons (Fsp3) is 0.538. The molecule has 0 bridgehead atoms. The molecule has 4 nitrogen and oxygen atoms in total. The van der Waals surface area contributed by atoms with Crippen molar-refractivity contribution in [2.45, 2.75) is 25.9 Å². The number of hydrogen-bond acceptors (Lipinski definition) is 3. The van der Waals surface area contributed by atoms with Gasteiger partial charge in [-0.1, -0.05) is 13.8 Å². The van der Waals surface area contributed by atoms with E-state index >= 15 is 0 Å². The zero-order chi connectivity index (χ0) is 12.5. The summed E-state index contributed by atoms with van der Waals surface area (Å²) in [6.07, 6.45) is 3.75. The topological polar surface area (TPSA) is 53.4 Å². The van der Waals surface area contributed by atoms with Crippen molar-refractivity contribution in [1.82, 2.24) is 9.88 Å². The maximum atomic E-state index is 11.9. The summed E-state index contributed by atoms with van der Waals surface area (Å²) in [7, 11) is 0. The van der Waals surface area contributed by atoms with Gasteiger partial charge in [0.15, 0.2) is 0 Å². The number of hydrogen-bond donors (Lipinski definition) is 1. The fourth-order valence-electron chi connectivity index (χ4n) is 1.94. The first-order chi connectivity index (χ1) is 8.01. The number of aliphatic hydroxyl groups is 1. The lowest BCUT2D eigenvalue weighted by Gasteiger charge is -2.49. The van der Waals surface area contributed by atoms with E-state index in [4.69, 9.17) is 0 Å². The number of likely N-dealkylation sites (tertiary alicyclic amines) is 1. The summed E-state index contributed by atoms with van der Waals surface area (Å²) in [5, 5.41) is 10.1. The van der Waals surface area contributed by atoms with Gasteiger partial charge in [-0.3, -0.25) is 9.78 Å². The molecule has 0 spiro atoms. The minimum Gasteiger partial charge on any atom is -0.386 e. The number of β-amino-alcohol motifs (C(OH)–C–C–N with tert-alkyl or cyclic N) is 1. The maximum absolute atomic E-state index is 11.9. The molecule has 0 saturated carbocycles. The van der Waals surface area contributed by atoms with Gasteiger partial charge in [-0.2, -0.15) is 0 Å². The molecule has 0 aliphatic carbocycles. The number of amides is 1. The number of carbonyl (C=O) groups excluding carboxylic acids is 1. The molecule has 1 saturated heterocycles. The van der Waals surface area contributed by atoms with Gasteiger partial charge in [0, 0.05) is 12.4 Å². The van der Waals surface area contributed by atoms with Gasteiger partial charge in [-0.15, -0.1) is 0 Å². The fourth-order valence-corrected chi connectivity index (χ4v) is 1.94. The monoisotopic (exact) mass is 234 g/mol. The molecule has 4 heteroatoms. The Kier molecular flexibility index (Phi) is 3.15. The second-order valence-corrected chi connectivity index (χ2v) is 5.04. The highest BCUT2D eigenvalue weighted by molar-refractivity contribution is 5.79. The molecule has 1 aliphatic rings. The van der Waals surface area contributed by atoms with Gasteiger partial charge < -0.3 is 10.0 Å². The van der Waals surface area contributed by atoms with Crippen LogP contribution in [0.3, 0.4) is 0 Å². The Labute approximate surface area is 101 Å². The lowest BCUT2D eigenvalue weighted by molar-refractivity contribution is -0.163. The molecule has 2 rings (SSSR count). The van der Waals surface area contributed by atoms with E-state index in [1.807, 2.05) is 26.0 Å². The summed E-state index contributed by atoms with van der Waals surface area (Å²) in [6.45, 7) is 4.86. The van der Waals surface area contributed by atoms with Crippen molar-refractivity contribution in [2.75, 3.05) is 13.1 Å². The van der Waals surface area contributed by atoms with Gasteiger partial charge in [0.05, 0.1) is 19.5 Å². The number of aromatic nitrogens is 1. The molecule has 0 atom stereocenters. The SMILES string of the molecule is CC(C)C1(O)CN(C(=O)Cc2ccncc2)C1. The van der Waals surface area contributed by atoms with E-state index < -0.39 is 5.60 Å². The van der Waals surface area contributed by atoms with Crippen LogP contribution in [0.4, 0.5) is 0 Å².